The second kappa shape index (κ2) is 4.97. The van der Waals surface area contributed by atoms with Crippen molar-refractivity contribution >= 4 is 16.9 Å². The van der Waals surface area contributed by atoms with E-state index in [1.807, 2.05) is 0 Å². The van der Waals surface area contributed by atoms with Crippen LogP contribution in [-0.2, 0) is 4.74 Å². The Balaban J connectivity index is 1.71. The number of ether oxygens (including phenoxy) is 1. The summed E-state index contributed by atoms with van der Waals surface area (Å²) in [4.78, 5) is 6.63. The normalized spacial score (nSPS) is 43.4. The van der Waals surface area contributed by atoms with Crippen LogP contribution in [0.3, 0.4) is 0 Å². The van der Waals surface area contributed by atoms with E-state index in [0.29, 0.717) is 6.42 Å². The monoisotopic (exact) mass is 274 g/mol. The molecular weight excluding hydrogens is 256 g/mol. The maximum atomic E-state index is 10.1. The van der Waals surface area contributed by atoms with Gasteiger partial charge in [0.2, 0.25) is 0 Å². The molecule has 0 aromatic carbocycles. The quantitative estimate of drug-likeness (QED) is 0.598. The maximum Gasteiger partial charge on any atom is 0.162 e. The van der Waals surface area contributed by atoms with Gasteiger partial charge in [-0.05, 0) is 12.8 Å². The summed E-state index contributed by atoms with van der Waals surface area (Å²) in [6.07, 6.45) is -0.885. The second-order valence-electron chi connectivity index (χ2n) is 4.90. The molecule has 6 nitrogen and oxygen atoms in total. The number of rotatable bonds is 2. The van der Waals surface area contributed by atoms with Crippen LogP contribution in [0.4, 0.5) is 0 Å². The summed E-state index contributed by atoms with van der Waals surface area (Å²) in [6.45, 7) is 1.95. The van der Waals surface area contributed by atoms with Crippen LogP contribution in [0.15, 0.2) is 4.99 Å². The van der Waals surface area contributed by atoms with Gasteiger partial charge in [-0.25, -0.2) is 0 Å². The van der Waals surface area contributed by atoms with E-state index in [2.05, 4.69) is 9.89 Å². The number of aliphatic imine (C=N–C) groups is 1. The van der Waals surface area contributed by atoms with Crippen LogP contribution >= 0.6 is 11.8 Å². The van der Waals surface area contributed by atoms with Gasteiger partial charge in [0.15, 0.2) is 5.17 Å². The minimum absolute atomic E-state index is 0.0592. The molecule has 18 heavy (non-hydrogen) atoms. The number of aliphatic hydroxyl groups is 3. The standard InChI is InChI=1S/C11H18N2O4S/c14-5-2-6-8(15)9(16)7-10(17-6)18-11(12-7)13-3-1-4-13/h6-10,14-16H,1-5H2/t6-,7-,8-,9-,10-/m1/s1. The van der Waals surface area contributed by atoms with Gasteiger partial charge in [-0.1, -0.05) is 11.8 Å². The number of nitrogens with zero attached hydrogens (tertiary/aromatic N) is 2. The highest BCUT2D eigenvalue weighted by Gasteiger charge is 2.48. The minimum atomic E-state index is -0.974. The SMILES string of the molecule is OCC[C@H]1O[C@@H]2SC(N3CCC3)=N[C@@H]2[C@@H](O)[C@@H]1O. The molecule has 3 N–H and O–H groups in total. The molecule has 3 rings (SSSR count). The molecule has 2 saturated heterocycles. The lowest BCUT2D eigenvalue weighted by atomic mass is 9.96. The lowest BCUT2D eigenvalue weighted by molar-refractivity contribution is -0.156. The van der Waals surface area contributed by atoms with E-state index in [1.165, 1.54) is 18.2 Å². The molecular formula is C11H18N2O4S. The van der Waals surface area contributed by atoms with Gasteiger partial charge in [-0.2, -0.15) is 0 Å². The van der Waals surface area contributed by atoms with E-state index in [9.17, 15) is 10.2 Å². The summed E-state index contributed by atoms with van der Waals surface area (Å²) >= 11 is 1.51. The minimum Gasteiger partial charge on any atom is -0.396 e. The smallest absolute Gasteiger partial charge is 0.162 e. The van der Waals surface area contributed by atoms with Crippen LogP contribution in [0.2, 0.25) is 0 Å². The number of fused-ring (bicyclic) bond motifs is 1. The van der Waals surface area contributed by atoms with Gasteiger partial charge in [0.05, 0.1) is 6.10 Å². The Hall–Kier alpha value is -0.340. The van der Waals surface area contributed by atoms with Crippen molar-refractivity contribution in [3.05, 3.63) is 0 Å². The number of aliphatic hydroxyl groups excluding tert-OH is 3. The number of amidine groups is 1. The molecule has 0 aromatic rings. The molecule has 102 valence electrons. The molecule has 3 heterocycles. The Morgan fingerprint density at radius 3 is 2.72 bits per heavy atom. The van der Waals surface area contributed by atoms with Crippen molar-refractivity contribution < 1.29 is 20.1 Å². The first-order valence-electron chi connectivity index (χ1n) is 6.32. The zero-order chi connectivity index (χ0) is 12.7. The highest BCUT2D eigenvalue weighted by Crippen LogP contribution is 2.38. The topological polar surface area (TPSA) is 85.5 Å². The molecule has 3 aliphatic rings. The molecule has 3 aliphatic heterocycles. The molecule has 0 radical (unpaired) electrons. The predicted octanol–water partition coefficient (Wildman–Crippen LogP) is -1.01. The Kier molecular flexibility index (Phi) is 3.50. The molecule has 0 unspecified atom stereocenters. The van der Waals surface area contributed by atoms with Crippen LogP contribution in [-0.4, -0.2) is 74.9 Å². The average molecular weight is 274 g/mol. The van der Waals surface area contributed by atoms with Gasteiger partial charge in [0, 0.05) is 19.7 Å². The van der Waals surface area contributed by atoms with Gasteiger partial charge in [-0.3, -0.25) is 4.99 Å². The van der Waals surface area contributed by atoms with Crippen LogP contribution in [0.5, 0.6) is 0 Å². The fourth-order valence-corrected chi connectivity index (χ4v) is 3.72. The largest absolute Gasteiger partial charge is 0.396 e. The molecule has 0 saturated carbocycles. The van der Waals surface area contributed by atoms with Crippen molar-refractivity contribution in [3.63, 3.8) is 0 Å². The molecule has 0 bridgehead atoms. The van der Waals surface area contributed by atoms with Crippen molar-refractivity contribution in [3.8, 4) is 0 Å². The van der Waals surface area contributed by atoms with Crippen LogP contribution in [0.25, 0.3) is 0 Å². The first kappa shape index (κ1) is 12.7. The van der Waals surface area contributed by atoms with E-state index in [4.69, 9.17) is 9.84 Å². The summed E-state index contributed by atoms with van der Waals surface area (Å²) in [5.74, 6) is 0. The summed E-state index contributed by atoms with van der Waals surface area (Å²) < 4.78 is 5.73. The van der Waals surface area contributed by atoms with Crippen molar-refractivity contribution in [2.75, 3.05) is 19.7 Å². The zero-order valence-corrected chi connectivity index (χ0v) is 10.8. The summed E-state index contributed by atoms with van der Waals surface area (Å²) in [5.41, 5.74) is -0.240. The first-order chi connectivity index (χ1) is 8.70. The van der Waals surface area contributed by atoms with Gasteiger partial charge in [0.25, 0.3) is 0 Å². The molecule has 5 atom stereocenters. The highest BCUT2D eigenvalue weighted by molar-refractivity contribution is 8.14. The third-order valence-corrected chi connectivity index (χ3v) is 4.89. The Morgan fingerprint density at radius 2 is 2.11 bits per heavy atom. The van der Waals surface area contributed by atoms with Crippen LogP contribution in [0.1, 0.15) is 12.8 Å². The summed E-state index contributed by atoms with van der Waals surface area (Å²) in [5, 5.41) is 29.9. The van der Waals surface area contributed by atoms with Gasteiger partial charge >= 0.3 is 0 Å². The molecule has 0 amide bonds. The van der Waals surface area contributed by atoms with E-state index >= 15 is 0 Å². The van der Waals surface area contributed by atoms with Crippen molar-refractivity contribution in [1.82, 2.24) is 4.90 Å². The average Bonchev–Trinajstić information content (AvgIpc) is 2.67. The first-order valence-corrected chi connectivity index (χ1v) is 7.20. The van der Waals surface area contributed by atoms with Crippen molar-refractivity contribution in [2.45, 2.75) is 42.6 Å². The molecule has 0 aliphatic carbocycles. The van der Waals surface area contributed by atoms with E-state index in [-0.39, 0.29) is 12.0 Å². The van der Waals surface area contributed by atoms with Gasteiger partial charge in [0.1, 0.15) is 23.7 Å². The molecule has 0 aromatic heterocycles. The Labute approximate surface area is 110 Å². The Morgan fingerprint density at radius 1 is 1.33 bits per heavy atom. The maximum absolute atomic E-state index is 10.1. The fourth-order valence-electron chi connectivity index (χ4n) is 2.44. The third kappa shape index (κ3) is 2.04. The van der Waals surface area contributed by atoms with E-state index in [0.717, 1.165) is 18.3 Å². The van der Waals surface area contributed by atoms with Crippen molar-refractivity contribution in [2.24, 2.45) is 4.99 Å². The van der Waals surface area contributed by atoms with Crippen LogP contribution in [0, 0.1) is 0 Å². The lowest BCUT2D eigenvalue weighted by Gasteiger charge is -2.38. The summed E-state index contributed by atoms with van der Waals surface area (Å²) in [6, 6.07) is -0.393. The second-order valence-corrected chi connectivity index (χ2v) is 5.96. The van der Waals surface area contributed by atoms with Gasteiger partial charge in [-0.15, -0.1) is 0 Å². The number of hydrogen-bond acceptors (Lipinski definition) is 7. The van der Waals surface area contributed by atoms with E-state index in [1.54, 1.807) is 0 Å². The summed E-state index contributed by atoms with van der Waals surface area (Å²) in [7, 11) is 0. The predicted molar refractivity (Wildman–Crippen MR) is 67.4 cm³/mol. The third-order valence-electron chi connectivity index (χ3n) is 3.69. The fraction of sp³-hybridized carbons (Fsp3) is 0.909. The van der Waals surface area contributed by atoms with Crippen molar-refractivity contribution in [1.29, 1.82) is 0 Å². The van der Waals surface area contributed by atoms with Crippen LogP contribution < -0.4 is 0 Å². The number of thioether (sulfide) groups is 1. The van der Waals surface area contributed by atoms with E-state index < -0.39 is 24.4 Å². The van der Waals surface area contributed by atoms with Gasteiger partial charge < -0.3 is 25.0 Å². The lowest BCUT2D eigenvalue weighted by Crippen LogP contribution is -2.54. The number of likely N-dealkylation sites (tertiary alicyclic amines) is 1. The zero-order valence-electron chi connectivity index (χ0n) is 9.97. The highest BCUT2D eigenvalue weighted by atomic mass is 32.2. The molecule has 2 fully saturated rings. The number of hydrogen-bond donors (Lipinski definition) is 3. The molecule has 7 heteroatoms. The molecule has 0 spiro atoms. The Bertz CT molecular complexity index is 350.